The van der Waals surface area contributed by atoms with Crippen molar-refractivity contribution in [1.29, 1.82) is 0 Å². The van der Waals surface area contributed by atoms with Crippen molar-refractivity contribution in [3.63, 3.8) is 0 Å². The Hall–Kier alpha value is -1.41. The number of benzene rings is 1. The molecule has 0 aromatic heterocycles. The van der Waals surface area contributed by atoms with Gasteiger partial charge in [-0.15, -0.1) is 0 Å². The van der Waals surface area contributed by atoms with Gasteiger partial charge in [0.05, 0.1) is 11.3 Å². The van der Waals surface area contributed by atoms with Crippen LogP contribution >= 0.6 is 11.8 Å². The zero-order valence-electron chi connectivity index (χ0n) is 9.89. The zero-order chi connectivity index (χ0) is 13.8. The Morgan fingerprint density at radius 3 is 2.56 bits per heavy atom. The van der Waals surface area contributed by atoms with Crippen LogP contribution in [0.4, 0.5) is 13.2 Å². The lowest BCUT2D eigenvalue weighted by Gasteiger charge is -2.08. The fraction of sp³-hybridized carbons (Fsp3) is 0.308. The molecule has 0 heterocycles. The molecule has 1 aromatic rings. The number of aryl methyl sites for hydroxylation is 1. The average molecular weight is 272 g/mol. The van der Waals surface area contributed by atoms with Gasteiger partial charge in [0.1, 0.15) is 0 Å². The van der Waals surface area contributed by atoms with Gasteiger partial charge in [-0.05, 0) is 30.7 Å². The second-order valence-corrected chi connectivity index (χ2v) is 4.76. The fourth-order valence-corrected chi connectivity index (χ4v) is 1.60. The van der Waals surface area contributed by atoms with Crippen molar-refractivity contribution in [2.75, 3.05) is 5.75 Å². The highest BCUT2D eigenvalue weighted by Gasteiger charge is 2.30. The molecule has 0 unspecified atom stereocenters. The molecule has 0 radical (unpaired) electrons. The molecule has 0 aliphatic carbocycles. The van der Waals surface area contributed by atoms with Crippen LogP contribution in [0.25, 0.3) is 0 Å². The molecule has 1 nitrogen and oxygen atoms in total. The van der Waals surface area contributed by atoms with E-state index in [1.54, 1.807) is 6.92 Å². The van der Waals surface area contributed by atoms with E-state index < -0.39 is 11.7 Å². The van der Waals surface area contributed by atoms with Crippen molar-refractivity contribution in [1.82, 2.24) is 0 Å². The summed E-state index contributed by atoms with van der Waals surface area (Å²) in [4.78, 5) is 10.6. The molecule has 0 spiro atoms. The molecule has 0 aliphatic heterocycles. The summed E-state index contributed by atoms with van der Waals surface area (Å²) < 4.78 is 37.3. The predicted molar refractivity (Wildman–Crippen MR) is 66.2 cm³/mol. The molecule has 18 heavy (non-hydrogen) atoms. The number of rotatable bonds is 1. The van der Waals surface area contributed by atoms with Crippen molar-refractivity contribution in [3.05, 3.63) is 34.9 Å². The summed E-state index contributed by atoms with van der Waals surface area (Å²) in [5.74, 6) is 5.84. The van der Waals surface area contributed by atoms with Gasteiger partial charge in [0.15, 0.2) is 5.12 Å². The first kappa shape index (κ1) is 14.7. The minimum atomic E-state index is -4.33. The molecule has 0 amide bonds. The molecule has 96 valence electrons. The van der Waals surface area contributed by atoms with E-state index >= 15 is 0 Å². The summed E-state index contributed by atoms with van der Waals surface area (Å²) >= 11 is 1.07. The SMILES string of the molecule is CC(=O)SCC#Cc1ccc(C(F)(F)F)cc1C. The lowest BCUT2D eigenvalue weighted by Crippen LogP contribution is -2.05. The number of carbonyl (C=O) groups excluding carboxylic acids is 1. The molecule has 1 rings (SSSR count). The molecule has 0 N–H and O–H groups in total. The summed E-state index contributed by atoms with van der Waals surface area (Å²) in [5, 5.41) is -0.0339. The Kier molecular flexibility index (Phi) is 4.85. The highest BCUT2D eigenvalue weighted by molar-refractivity contribution is 8.13. The smallest absolute Gasteiger partial charge is 0.288 e. The van der Waals surface area contributed by atoms with Gasteiger partial charge in [0.2, 0.25) is 0 Å². The van der Waals surface area contributed by atoms with E-state index in [0.29, 0.717) is 16.9 Å². The minimum absolute atomic E-state index is 0.0339. The Morgan fingerprint density at radius 2 is 2.06 bits per heavy atom. The largest absolute Gasteiger partial charge is 0.416 e. The van der Waals surface area contributed by atoms with E-state index in [-0.39, 0.29) is 5.12 Å². The van der Waals surface area contributed by atoms with E-state index in [2.05, 4.69) is 11.8 Å². The van der Waals surface area contributed by atoms with Crippen LogP contribution in [-0.2, 0) is 11.0 Å². The highest BCUT2D eigenvalue weighted by Crippen LogP contribution is 2.30. The lowest BCUT2D eigenvalue weighted by atomic mass is 10.1. The Balaban J connectivity index is 2.83. The van der Waals surface area contributed by atoms with Crippen molar-refractivity contribution in [3.8, 4) is 11.8 Å². The first-order valence-corrected chi connectivity index (χ1v) is 6.09. The normalized spacial score (nSPS) is 10.7. The standard InChI is InChI=1S/C13H11F3OS/c1-9-8-12(13(14,15)16)6-5-11(9)4-3-7-18-10(2)17/h5-6,8H,7H2,1-2H3. The van der Waals surface area contributed by atoms with Gasteiger partial charge in [0.25, 0.3) is 0 Å². The van der Waals surface area contributed by atoms with E-state index in [1.165, 1.54) is 13.0 Å². The maximum absolute atomic E-state index is 12.4. The number of hydrogen-bond acceptors (Lipinski definition) is 2. The fourth-order valence-electron chi connectivity index (χ4n) is 1.25. The highest BCUT2D eigenvalue weighted by atomic mass is 32.2. The molecule has 1 aromatic carbocycles. The summed E-state index contributed by atoms with van der Waals surface area (Å²) in [6, 6.07) is 3.43. The Morgan fingerprint density at radius 1 is 1.39 bits per heavy atom. The number of hydrogen-bond donors (Lipinski definition) is 0. The summed E-state index contributed by atoms with van der Waals surface area (Å²) in [6.07, 6.45) is -4.33. The first-order valence-electron chi connectivity index (χ1n) is 5.11. The van der Waals surface area contributed by atoms with E-state index in [9.17, 15) is 18.0 Å². The van der Waals surface area contributed by atoms with Crippen LogP contribution in [0.5, 0.6) is 0 Å². The molecular weight excluding hydrogens is 261 g/mol. The van der Waals surface area contributed by atoms with E-state index in [1.807, 2.05) is 0 Å². The lowest BCUT2D eigenvalue weighted by molar-refractivity contribution is -0.137. The van der Waals surface area contributed by atoms with E-state index in [4.69, 9.17) is 0 Å². The second kappa shape index (κ2) is 5.96. The van der Waals surface area contributed by atoms with Crippen molar-refractivity contribution in [2.24, 2.45) is 0 Å². The topological polar surface area (TPSA) is 17.1 Å². The van der Waals surface area contributed by atoms with Gasteiger partial charge in [-0.1, -0.05) is 23.6 Å². The molecule has 0 bridgehead atoms. The quantitative estimate of drug-likeness (QED) is 0.726. The van der Waals surface area contributed by atoms with Crippen LogP contribution in [0.1, 0.15) is 23.6 Å². The molecule has 0 aliphatic rings. The number of alkyl halides is 3. The van der Waals surface area contributed by atoms with Crippen molar-refractivity contribution in [2.45, 2.75) is 20.0 Å². The maximum Gasteiger partial charge on any atom is 0.416 e. The predicted octanol–water partition coefficient (Wildman–Crippen LogP) is 3.65. The minimum Gasteiger partial charge on any atom is -0.288 e. The second-order valence-electron chi connectivity index (χ2n) is 3.61. The van der Waals surface area contributed by atoms with Crippen LogP contribution in [0.3, 0.4) is 0 Å². The van der Waals surface area contributed by atoms with Gasteiger partial charge >= 0.3 is 6.18 Å². The monoisotopic (exact) mass is 272 g/mol. The number of thioether (sulfide) groups is 1. The third kappa shape index (κ3) is 4.46. The Bertz CT molecular complexity index is 509. The zero-order valence-corrected chi connectivity index (χ0v) is 10.7. The van der Waals surface area contributed by atoms with E-state index in [0.717, 1.165) is 23.9 Å². The molecule has 0 saturated heterocycles. The third-order valence-electron chi connectivity index (χ3n) is 2.12. The summed E-state index contributed by atoms with van der Waals surface area (Å²) in [7, 11) is 0. The molecular formula is C13H11F3OS. The molecule has 0 fully saturated rings. The first-order chi connectivity index (χ1) is 8.30. The third-order valence-corrected chi connectivity index (χ3v) is 2.82. The maximum atomic E-state index is 12.4. The van der Waals surface area contributed by atoms with Crippen LogP contribution in [0.15, 0.2) is 18.2 Å². The molecule has 5 heteroatoms. The van der Waals surface area contributed by atoms with Gasteiger partial charge in [-0.2, -0.15) is 13.2 Å². The van der Waals surface area contributed by atoms with Crippen molar-refractivity contribution < 1.29 is 18.0 Å². The van der Waals surface area contributed by atoms with Gasteiger partial charge in [-0.3, -0.25) is 4.79 Å². The average Bonchev–Trinajstić information content (AvgIpc) is 2.24. The van der Waals surface area contributed by atoms with Crippen LogP contribution in [-0.4, -0.2) is 10.9 Å². The van der Waals surface area contributed by atoms with Crippen LogP contribution in [0, 0.1) is 18.8 Å². The summed E-state index contributed by atoms with van der Waals surface area (Å²) in [6.45, 7) is 3.02. The summed E-state index contributed by atoms with van der Waals surface area (Å²) in [5.41, 5.74) is 0.348. The van der Waals surface area contributed by atoms with Gasteiger partial charge < -0.3 is 0 Å². The number of halogens is 3. The van der Waals surface area contributed by atoms with Gasteiger partial charge in [0, 0.05) is 12.5 Å². The molecule has 0 atom stereocenters. The van der Waals surface area contributed by atoms with Crippen LogP contribution < -0.4 is 0 Å². The number of carbonyl (C=O) groups is 1. The van der Waals surface area contributed by atoms with Crippen LogP contribution in [0.2, 0.25) is 0 Å². The Labute approximate surface area is 108 Å². The van der Waals surface area contributed by atoms with Gasteiger partial charge in [-0.25, -0.2) is 0 Å². The van der Waals surface area contributed by atoms with Crippen molar-refractivity contribution >= 4 is 16.9 Å². The molecule has 0 saturated carbocycles.